The molecule has 22 heteroatoms. The number of aromatic nitrogens is 9. The van der Waals surface area contributed by atoms with Crippen LogP contribution in [0.4, 0.5) is 0 Å². The number of hydrogen-bond donors (Lipinski definition) is 0. The predicted octanol–water partition coefficient (Wildman–Crippen LogP) is 20.3. The molecule has 0 saturated heterocycles. The fourth-order valence-corrected chi connectivity index (χ4v) is 22.4. The Bertz CT molecular complexity index is 7280. The number of ether oxygens (including phenoxy) is 6. The lowest BCUT2D eigenvalue weighted by atomic mass is 9.82. The van der Waals surface area contributed by atoms with Crippen LogP contribution < -0.4 is 38.8 Å². The number of nitrogens with zero attached hydrogens (tertiary/aromatic N) is 9. The summed E-state index contributed by atoms with van der Waals surface area (Å²) in [6.07, 6.45) is 19.7. The molecular formula is C110H85N9O12Si. The van der Waals surface area contributed by atoms with E-state index in [0.29, 0.717) is 124 Å². The van der Waals surface area contributed by atoms with Gasteiger partial charge in [0, 0.05) is 131 Å². The molecule has 21 nitrogen and oxygen atoms in total. The Hall–Kier alpha value is -16.9. The molecule has 18 rings (SSSR count). The number of fused-ring (bicyclic) bond motifs is 8. The van der Waals surface area contributed by atoms with E-state index in [1.807, 2.05) is 54.6 Å². The van der Waals surface area contributed by atoms with Crippen LogP contribution in [-0.4, -0.2) is 91.8 Å². The van der Waals surface area contributed by atoms with Crippen molar-refractivity contribution < 1.29 is 57.2 Å². The second kappa shape index (κ2) is 41.7. The van der Waals surface area contributed by atoms with Gasteiger partial charge >= 0.3 is 0 Å². The maximum Gasteiger partial charge on any atom is 0.298 e. The Morgan fingerprint density at radius 2 is 0.583 bits per heavy atom. The van der Waals surface area contributed by atoms with Crippen LogP contribution >= 0.6 is 0 Å². The smallest absolute Gasteiger partial charge is 0.298 e. The molecule has 0 fully saturated rings. The van der Waals surface area contributed by atoms with Crippen molar-refractivity contribution in [2.75, 3.05) is 0 Å². The highest BCUT2D eigenvalue weighted by molar-refractivity contribution is 7.05. The fourth-order valence-electron chi connectivity index (χ4n) is 16.8. The molecule has 0 N–H and O–H groups in total. The van der Waals surface area contributed by atoms with Gasteiger partial charge in [-0.3, -0.25) is 58.7 Å². The van der Waals surface area contributed by atoms with Crippen LogP contribution in [0.3, 0.4) is 0 Å². The highest BCUT2D eigenvalue weighted by Gasteiger charge is 2.44. The number of rotatable bonds is 28. The molecule has 646 valence electrons. The Morgan fingerprint density at radius 1 is 0.265 bits per heavy atom. The molecule has 0 bridgehead atoms. The van der Waals surface area contributed by atoms with Crippen molar-refractivity contribution in [3.63, 3.8) is 0 Å². The van der Waals surface area contributed by atoms with Crippen LogP contribution in [0, 0.1) is 35.5 Å². The van der Waals surface area contributed by atoms with E-state index in [-0.39, 0.29) is 22.7 Å². The molecule has 0 amide bonds. The summed E-state index contributed by atoms with van der Waals surface area (Å²) in [7, 11) is -1.97. The van der Waals surface area contributed by atoms with E-state index in [1.54, 1.807) is 102 Å². The number of hydrogen-bond acceptors (Lipinski definition) is 21. The first-order valence-corrected chi connectivity index (χ1v) is 45.6. The third-order valence-corrected chi connectivity index (χ3v) is 28.4. The molecule has 0 radical (unpaired) electrons. The summed E-state index contributed by atoms with van der Waals surface area (Å²) in [4.78, 5) is 106. The van der Waals surface area contributed by atoms with E-state index in [4.69, 9.17) is 33.4 Å². The molecule has 16 aromatic rings. The Balaban J connectivity index is 0.000000146. The lowest BCUT2D eigenvalue weighted by Crippen LogP contribution is -2.55. The van der Waals surface area contributed by atoms with Crippen LogP contribution in [0.2, 0.25) is 12.1 Å². The minimum Gasteiger partial charge on any atom is -0.429 e. The predicted molar refractivity (Wildman–Crippen MR) is 510 cm³/mol. The van der Waals surface area contributed by atoms with Gasteiger partial charge in [0.2, 0.25) is 0 Å². The van der Waals surface area contributed by atoms with E-state index < -0.39 is 8.07 Å². The number of pyridine rings is 9. The number of unbranched alkanes of at least 4 members (excludes halogenated alkanes) is 6. The highest BCUT2D eigenvalue weighted by atomic mass is 28.3. The minimum atomic E-state index is -1.97. The van der Waals surface area contributed by atoms with E-state index >= 15 is 0 Å². The van der Waals surface area contributed by atoms with Crippen molar-refractivity contribution in [2.24, 2.45) is 0 Å². The Morgan fingerprint density at radius 3 is 1.02 bits per heavy atom. The van der Waals surface area contributed by atoms with Gasteiger partial charge in [0.05, 0.1) is 68.3 Å². The molecule has 132 heavy (non-hydrogen) atoms. The lowest BCUT2D eigenvalue weighted by molar-refractivity contribution is -0.121. The van der Waals surface area contributed by atoms with Gasteiger partial charge in [0.1, 0.15) is 42.6 Å². The molecule has 2 aliphatic rings. The molecule has 0 spiro atoms. The summed E-state index contributed by atoms with van der Waals surface area (Å²) < 4.78 is 30.3. The summed E-state index contributed by atoms with van der Waals surface area (Å²) in [5.74, 6) is 21.6. The van der Waals surface area contributed by atoms with Crippen molar-refractivity contribution in [1.29, 1.82) is 0 Å². The molecule has 1 aliphatic carbocycles. The third-order valence-electron chi connectivity index (χ3n) is 23.1. The average Bonchev–Trinajstić information content (AvgIpc) is 1.54. The van der Waals surface area contributed by atoms with Crippen LogP contribution in [0.1, 0.15) is 124 Å². The Kier molecular flexibility index (Phi) is 28.0. The average molecular weight is 1750 g/mol. The van der Waals surface area contributed by atoms with Gasteiger partial charge in [-0.05, 0) is 181 Å². The van der Waals surface area contributed by atoms with Gasteiger partial charge in [-0.1, -0.05) is 206 Å². The normalized spacial score (nSPS) is 11.8. The summed E-state index contributed by atoms with van der Waals surface area (Å²) in [5, 5.41) is 7.84. The SMILES string of the molecule is CC1(C)c2ccccc2-c2ccc(C#Cc3ccnc(-c4cc(OC=O)cc(-c5cc(OC=O)ccn5)n4)c3)cc21.CCCCCC[Si]1(CCCCCC)c2ccccc2-c2ccc(C#Cc3ccnc(-c4cc(OC=O)cc(-c5cc(OC=O)ccn5)n4)c3)cc21.O=COc1ccnc(-c2cc(OC=O)cc(-c3cc(C#Cc4ccc5cc6ccccc6cc5c4)ccn3)n2)c1. The number of benzene rings is 7. The second-order valence-corrected chi connectivity index (χ2v) is 36.1. The van der Waals surface area contributed by atoms with Crippen molar-refractivity contribution in [1.82, 2.24) is 44.9 Å². The fraction of sp³-hybridized carbons (Fsp3) is 0.136. The zero-order valence-electron chi connectivity index (χ0n) is 72.6. The van der Waals surface area contributed by atoms with E-state index in [0.717, 1.165) is 44.2 Å². The zero-order chi connectivity index (χ0) is 91.2. The van der Waals surface area contributed by atoms with Crippen LogP contribution in [0.5, 0.6) is 34.5 Å². The molecule has 10 heterocycles. The molecule has 0 saturated carbocycles. The minimum absolute atomic E-state index is 0.0980. The highest BCUT2D eigenvalue weighted by Crippen LogP contribution is 2.49. The van der Waals surface area contributed by atoms with Crippen molar-refractivity contribution >= 4 is 78.8 Å². The van der Waals surface area contributed by atoms with Crippen molar-refractivity contribution in [3.8, 4) is 161 Å². The summed E-state index contributed by atoms with van der Waals surface area (Å²) in [6, 6.07) is 82.4. The van der Waals surface area contributed by atoms with E-state index in [2.05, 4.69) is 224 Å². The summed E-state index contributed by atoms with van der Waals surface area (Å²) in [5.41, 5.74) is 18.6. The first-order chi connectivity index (χ1) is 64.7. The number of carbonyl (C=O) groups is 6. The van der Waals surface area contributed by atoms with Crippen molar-refractivity contribution in [3.05, 3.63) is 330 Å². The molecular weight excluding hydrogens is 1670 g/mol. The van der Waals surface area contributed by atoms with Crippen molar-refractivity contribution in [2.45, 2.75) is 96.6 Å². The number of carbonyl (C=O) groups excluding carboxylic acids is 6. The van der Waals surface area contributed by atoms with Gasteiger partial charge in [-0.25, -0.2) is 15.0 Å². The van der Waals surface area contributed by atoms with Gasteiger partial charge < -0.3 is 28.4 Å². The molecule has 0 atom stereocenters. The third kappa shape index (κ3) is 20.7. The molecule has 1 aliphatic heterocycles. The lowest BCUT2D eigenvalue weighted by Gasteiger charge is -2.30. The summed E-state index contributed by atoms with van der Waals surface area (Å²) >= 11 is 0. The quantitative estimate of drug-likeness (QED) is 0.0145. The summed E-state index contributed by atoms with van der Waals surface area (Å²) in [6.45, 7) is 11.1. The largest absolute Gasteiger partial charge is 0.429 e. The van der Waals surface area contributed by atoms with Crippen LogP contribution in [0.15, 0.2) is 286 Å². The van der Waals surface area contributed by atoms with Gasteiger partial charge in [-0.2, -0.15) is 0 Å². The first kappa shape index (κ1) is 88.6. The molecule has 9 aromatic heterocycles. The molecule has 7 aromatic carbocycles. The topological polar surface area (TPSA) is 274 Å². The maximum absolute atomic E-state index is 11.3. The van der Waals surface area contributed by atoms with Crippen LogP contribution in [0.25, 0.3) is 112 Å². The monoisotopic (exact) mass is 1750 g/mol. The first-order valence-electron chi connectivity index (χ1n) is 43.2. The molecule has 0 unspecified atom stereocenters. The van der Waals surface area contributed by atoms with Gasteiger partial charge in [0.15, 0.2) is 0 Å². The van der Waals surface area contributed by atoms with E-state index in [9.17, 15) is 28.8 Å². The zero-order valence-corrected chi connectivity index (χ0v) is 73.6. The second-order valence-electron chi connectivity index (χ2n) is 31.9. The standard InChI is InChI=1S/C43H43N3O4Si.C34H23N3O4.C33H19N3O4/c1-3-5-7-11-23-51(24-12-8-6-4-2)42-14-10-9-13-36(42)37-18-17-32(26-43(37)51)15-16-33-19-21-44-38(25-33)40-28-35(50-31-48)29-41(46-40)39-27-34(49-30-47)20-22-45-39;1-34(2)28-6-4-3-5-26(28)27-10-9-22(15-29(27)34)7-8-23-11-13-35-30(16-23)32-18-25(41-21-39)19-33(37-32)31-17-24(40-20-38)12-14-36-31;37-20-39-28-10-12-35-31(17-28)33-19-29(40-21-38)18-32(36-33)30-14-23(9-11-34-30)6-5-22-7-8-26-15-24-3-1-2-4-25(24)16-27(26)13-22/h9-10,13-14,17-22,25-31H,3-8,11-12,23-24H2,1-2H3;3-6,9-21H,1-2H3;1-4,7-21H. The maximum atomic E-state index is 11.3. The van der Waals surface area contributed by atoms with Crippen LogP contribution in [-0.2, 0) is 34.2 Å². The van der Waals surface area contributed by atoms with E-state index in [1.165, 1.54) is 126 Å². The van der Waals surface area contributed by atoms with Gasteiger partial charge in [0.25, 0.3) is 38.8 Å². The Labute approximate surface area is 763 Å². The van der Waals surface area contributed by atoms with Gasteiger partial charge in [-0.15, -0.1) is 0 Å².